The molecule has 1 aromatic heterocycles. The lowest BCUT2D eigenvalue weighted by Gasteiger charge is -2.23. The second-order valence-corrected chi connectivity index (χ2v) is 6.58. The molecular weight excluding hydrogens is 348 g/mol. The van der Waals surface area contributed by atoms with Crippen molar-refractivity contribution in [1.82, 2.24) is 4.98 Å². The molecule has 3 rings (SSSR count). The molecule has 2 aromatic carbocycles. The van der Waals surface area contributed by atoms with Gasteiger partial charge < -0.3 is 5.11 Å². The highest BCUT2D eigenvalue weighted by atomic mass is 35.5. The fourth-order valence-electron chi connectivity index (χ4n) is 3.31. The van der Waals surface area contributed by atoms with Crippen LogP contribution in [0, 0.1) is 11.3 Å². The quantitative estimate of drug-likeness (QED) is 0.675. The summed E-state index contributed by atoms with van der Waals surface area (Å²) in [5.74, 6) is -1.13. The van der Waals surface area contributed by atoms with Crippen molar-refractivity contribution in [2.45, 2.75) is 25.2 Å². The van der Waals surface area contributed by atoms with Crippen molar-refractivity contribution in [3.05, 3.63) is 65.3 Å². The average molecular weight is 365 g/mol. The smallest absolute Gasteiger partial charge is 0.328 e. The normalized spacial score (nSPS) is 13.1. The summed E-state index contributed by atoms with van der Waals surface area (Å²) < 4.78 is 0. The number of pyridine rings is 1. The van der Waals surface area contributed by atoms with Gasteiger partial charge in [-0.2, -0.15) is 5.26 Å². The summed E-state index contributed by atoms with van der Waals surface area (Å²) in [4.78, 5) is 16.5. The molecule has 0 fully saturated rings. The third-order valence-electron chi connectivity index (χ3n) is 4.56. The molecule has 130 valence electrons. The zero-order chi connectivity index (χ0) is 18.7. The molecule has 0 radical (unpaired) electrons. The Hall–Kier alpha value is -2.90. The van der Waals surface area contributed by atoms with Gasteiger partial charge in [-0.25, -0.2) is 0 Å². The van der Waals surface area contributed by atoms with Gasteiger partial charge in [0.05, 0.1) is 11.8 Å². The maximum atomic E-state index is 12.0. The van der Waals surface area contributed by atoms with Crippen LogP contribution in [0.2, 0.25) is 5.02 Å². The Kier molecular flexibility index (Phi) is 4.92. The van der Waals surface area contributed by atoms with Crippen LogP contribution in [-0.4, -0.2) is 16.1 Å². The van der Waals surface area contributed by atoms with E-state index in [1.54, 1.807) is 36.5 Å². The van der Waals surface area contributed by atoms with Gasteiger partial charge in [0.15, 0.2) is 5.41 Å². The number of fused-ring (bicyclic) bond motifs is 1. The first-order valence-electron chi connectivity index (χ1n) is 8.32. The van der Waals surface area contributed by atoms with Crippen LogP contribution >= 0.6 is 11.6 Å². The number of rotatable bonds is 5. The molecule has 1 atom stereocenters. The lowest BCUT2D eigenvalue weighted by Crippen LogP contribution is -2.34. The maximum Gasteiger partial charge on any atom is 0.328 e. The van der Waals surface area contributed by atoms with Crippen molar-refractivity contribution in [3.8, 4) is 17.3 Å². The van der Waals surface area contributed by atoms with Gasteiger partial charge >= 0.3 is 5.97 Å². The van der Waals surface area contributed by atoms with E-state index in [9.17, 15) is 15.2 Å². The third kappa shape index (κ3) is 2.91. The van der Waals surface area contributed by atoms with E-state index in [2.05, 4.69) is 11.1 Å². The Labute approximate surface area is 156 Å². The number of benzene rings is 2. The van der Waals surface area contributed by atoms with Gasteiger partial charge in [-0.15, -0.1) is 0 Å². The number of hydrogen-bond donors (Lipinski definition) is 1. The highest BCUT2D eigenvalue weighted by Gasteiger charge is 2.41. The number of nitrogens with zero attached hydrogens (tertiary/aromatic N) is 2. The molecule has 0 saturated heterocycles. The van der Waals surface area contributed by atoms with Crippen LogP contribution in [0.1, 0.15) is 25.3 Å². The van der Waals surface area contributed by atoms with Crippen LogP contribution < -0.4 is 0 Å². The number of carboxylic acid groups (broad SMARTS) is 1. The fraction of sp³-hybridized carbons (Fsp3) is 0.190. The number of carbonyl (C=O) groups is 1. The lowest BCUT2D eigenvalue weighted by molar-refractivity contribution is -0.141. The zero-order valence-corrected chi connectivity index (χ0v) is 15.0. The predicted octanol–water partition coefficient (Wildman–Crippen LogP) is 5.20. The van der Waals surface area contributed by atoms with E-state index in [1.807, 2.05) is 25.1 Å². The molecule has 0 aliphatic rings. The van der Waals surface area contributed by atoms with Crippen LogP contribution in [0.25, 0.3) is 22.0 Å². The van der Waals surface area contributed by atoms with Crippen LogP contribution in [0.5, 0.6) is 0 Å². The molecule has 5 heteroatoms. The Morgan fingerprint density at radius 1 is 1.19 bits per heavy atom. The number of aliphatic carboxylic acids is 1. The zero-order valence-electron chi connectivity index (χ0n) is 14.2. The second-order valence-electron chi connectivity index (χ2n) is 6.14. The lowest BCUT2D eigenvalue weighted by atomic mass is 9.76. The van der Waals surface area contributed by atoms with E-state index in [1.165, 1.54) is 0 Å². The minimum Gasteiger partial charge on any atom is -0.480 e. The van der Waals surface area contributed by atoms with Crippen molar-refractivity contribution in [2.24, 2.45) is 0 Å². The Morgan fingerprint density at radius 2 is 1.92 bits per heavy atom. The number of hydrogen-bond acceptors (Lipinski definition) is 3. The first-order chi connectivity index (χ1) is 12.5. The first-order valence-corrected chi connectivity index (χ1v) is 8.70. The van der Waals surface area contributed by atoms with Crippen molar-refractivity contribution < 1.29 is 9.90 Å². The van der Waals surface area contributed by atoms with E-state index in [-0.39, 0.29) is 6.42 Å². The molecule has 0 aliphatic heterocycles. The molecule has 1 unspecified atom stereocenters. The molecule has 4 nitrogen and oxygen atoms in total. The highest BCUT2D eigenvalue weighted by Crippen LogP contribution is 2.37. The van der Waals surface area contributed by atoms with Crippen molar-refractivity contribution in [1.29, 1.82) is 5.26 Å². The molecule has 1 heterocycles. The van der Waals surface area contributed by atoms with Gasteiger partial charge in [0.1, 0.15) is 0 Å². The Bertz CT molecular complexity index is 1010. The largest absolute Gasteiger partial charge is 0.480 e. The predicted molar refractivity (Wildman–Crippen MR) is 102 cm³/mol. The van der Waals surface area contributed by atoms with E-state index >= 15 is 0 Å². The number of carboxylic acids is 1. The van der Waals surface area contributed by atoms with Gasteiger partial charge in [0.2, 0.25) is 0 Å². The molecule has 26 heavy (non-hydrogen) atoms. The summed E-state index contributed by atoms with van der Waals surface area (Å²) in [6, 6.07) is 16.5. The van der Waals surface area contributed by atoms with Crippen LogP contribution in [0.3, 0.4) is 0 Å². The molecule has 0 bridgehead atoms. The number of halogens is 1. The molecule has 3 aromatic rings. The summed E-state index contributed by atoms with van der Waals surface area (Å²) in [6.45, 7) is 1.88. The molecule has 1 N–H and O–H groups in total. The molecule has 0 spiro atoms. The van der Waals surface area contributed by atoms with Gasteiger partial charge in [-0.05, 0) is 35.6 Å². The van der Waals surface area contributed by atoms with E-state index in [0.717, 1.165) is 22.0 Å². The van der Waals surface area contributed by atoms with Gasteiger partial charge in [0, 0.05) is 22.2 Å². The Morgan fingerprint density at radius 3 is 2.54 bits per heavy atom. The minimum absolute atomic E-state index is 0.247. The van der Waals surface area contributed by atoms with E-state index < -0.39 is 11.4 Å². The average Bonchev–Trinajstić information content (AvgIpc) is 2.66. The highest BCUT2D eigenvalue weighted by molar-refractivity contribution is 6.30. The van der Waals surface area contributed by atoms with E-state index in [4.69, 9.17) is 11.6 Å². The molecular formula is C21H17ClN2O2. The van der Waals surface area contributed by atoms with Crippen LogP contribution in [0.15, 0.2) is 54.7 Å². The van der Waals surface area contributed by atoms with Gasteiger partial charge in [-0.1, -0.05) is 55.3 Å². The Balaban J connectivity index is 2.30. The summed E-state index contributed by atoms with van der Waals surface area (Å²) in [7, 11) is 0. The second kappa shape index (κ2) is 7.15. The molecule has 0 saturated carbocycles. The van der Waals surface area contributed by atoms with E-state index in [0.29, 0.717) is 17.0 Å². The van der Waals surface area contributed by atoms with Crippen LogP contribution in [0.4, 0.5) is 0 Å². The third-order valence-corrected chi connectivity index (χ3v) is 4.82. The summed E-state index contributed by atoms with van der Waals surface area (Å²) in [5.41, 5.74) is 0.539. The molecule has 0 amide bonds. The maximum absolute atomic E-state index is 12.0. The SMILES string of the molecule is CCCC(C#N)(C(=O)O)c1cccc2c(-c3ccc(Cl)cc3)nccc12. The van der Waals surface area contributed by atoms with Gasteiger partial charge in [0.25, 0.3) is 0 Å². The molecule has 0 aliphatic carbocycles. The monoisotopic (exact) mass is 364 g/mol. The fourth-order valence-corrected chi connectivity index (χ4v) is 3.44. The first kappa shape index (κ1) is 17.9. The van der Waals surface area contributed by atoms with Gasteiger partial charge in [-0.3, -0.25) is 9.78 Å². The number of aromatic nitrogens is 1. The van der Waals surface area contributed by atoms with Crippen molar-refractivity contribution in [2.75, 3.05) is 0 Å². The summed E-state index contributed by atoms with van der Waals surface area (Å²) in [5, 5.41) is 21.7. The topological polar surface area (TPSA) is 74.0 Å². The summed E-state index contributed by atoms with van der Waals surface area (Å²) >= 11 is 5.97. The standard InChI is InChI=1S/C21H17ClN2O2/c1-2-11-21(13-23,20(25)26)18-5-3-4-17-16(18)10-12-24-19(17)14-6-8-15(22)9-7-14/h3-10,12H,2,11H2,1H3,(H,25,26). The van der Waals surface area contributed by atoms with Crippen molar-refractivity contribution >= 4 is 28.3 Å². The number of nitriles is 1. The minimum atomic E-state index is -1.58. The summed E-state index contributed by atoms with van der Waals surface area (Å²) in [6.07, 6.45) is 2.48. The van der Waals surface area contributed by atoms with Crippen LogP contribution in [-0.2, 0) is 10.2 Å². The van der Waals surface area contributed by atoms with Crippen molar-refractivity contribution in [3.63, 3.8) is 0 Å².